The summed E-state index contributed by atoms with van der Waals surface area (Å²) in [6.45, 7) is 3.66. The van der Waals surface area contributed by atoms with E-state index in [-0.39, 0.29) is 5.91 Å². The number of likely N-dealkylation sites (tertiary alicyclic amines) is 1. The zero-order valence-electron chi connectivity index (χ0n) is 14.1. The Morgan fingerprint density at radius 2 is 1.83 bits per heavy atom. The van der Waals surface area contributed by atoms with E-state index in [1.807, 2.05) is 24.3 Å². The van der Waals surface area contributed by atoms with Crippen LogP contribution in [0.25, 0.3) is 0 Å². The van der Waals surface area contributed by atoms with Crippen LogP contribution in [0.5, 0.6) is 0 Å². The monoisotopic (exact) mass is 323 g/mol. The molecule has 0 spiro atoms. The van der Waals surface area contributed by atoms with Crippen LogP contribution in [0.2, 0.25) is 0 Å². The van der Waals surface area contributed by atoms with Crippen molar-refractivity contribution >= 4 is 5.91 Å². The molecule has 126 valence electrons. The summed E-state index contributed by atoms with van der Waals surface area (Å²) < 4.78 is 0. The van der Waals surface area contributed by atoms with Crippen molar-refractivity contribution in [1.29, 1.82) is 0 Å². The van der Waals surface area contributed by atoms with Crippen molar-refractivity contribution in [3.05, 3.63) is 71.3 Å². The number of hydrogen-bond donors (Lipinski definition) is 2. The lowest BCUT2D eigenvalue weighted by atomic mass is 9.89. The van der Waals surface area contributed by atoms with Gasteiger partial charge in [-0.25, -0.2) is 0 Å². The van der Waals surface area contributed by atoms with Crippen molar-refractivity contribution in [2.45, 2.75) is 12.5 Å². The number of carbonyl (C=O) groups is 1. The smallest absolute Gasteiger partial charge is 0.251 e. The Kier molecular flexibility index (Phi) is 5.28. The first-order valence-electron chi connectivity index (χ1n) is 8.49. The molecule has 1 aliphatic heterocycles. The Morgan fingerprint density at radius 1 is 1.12 bits per heavy atom. The first kappa shape index (κ1) is 16.7. The number of hydrogen-bond acceptors (Lipinski definition) is 3. The van der Waals surface area contributed by atoms with Crippen LogP contribution >= 0.6 is 0 Å². The summed E-state index contributed by atoms with van der Waals surface area (Å²) in [5.74, 6) is 0.953. The molecule has 2 atom stereocenters. The lowest BCUT2D eigenvalue weighted by molar-refractivity contribution is 0.0963. The van der Waals surface area contributed by atoms with Gasteiger partial charge in [0.2, 0.25) is 0 Å². The molecule has 0 saturated carbocycles. The molecule has 0 bridgehead atoms. The molecule has 3 rings (SSSR count). The summed E-state index contributed by atoms with van der Waals surface area (Å²) in [7, 11) is 1.65. The second-order valence-electron chi connectivity index (χ2n) is 6.48. The molecule has 1 fully saturated rings. The molecule has 3 N–H and O–H groups in total. The molecule has 1 heterocycles. The van der Waals surface area contributed by atoms with Crippen LogP contribution in [0.15, 0.2) is 54.6 Å². The van der Waals surface area contributed by atoms with E-state index in [0.29, 0.717) is 23.9 Å². The number of benzene rings is 2. The highest BCUT2D eigenvalue weighted by molar-refractivity contribution is 5.93. The van der Waals surface area contributed by atoms with E-state index in [0.717, 1.165) is 19.6 Å². The summed E-state index contributed by atoms with van der Waals surface area (Å²) in [5, 5.41) is 2.65. The molecular weight excluding hydrogens is 298 g/mol. The van der Waals surface area contributed by atoms with Gasteiger partial charge in [-0.05, 0) is 35.7 Å². The highest BCUT2D eigenvalue weighted by Crippen LogP contribution is 2.32. The maximum atomic E-state index is 11.6. The topological polar surface area (TPSA) is 58.4 Å². The maximum Gasteiger partial charge on any atom is 0.251 e. The molecule has 2 aromatic rings. The van der Waals surface area contributed by atoms with Crippen LogP contribution in [-0.4, -0.2) is 37.5 Å². The number of amides is 1. The molecule has 4 heteroatoms. The van der Waals surface area contributed by atoms with Crippen molar-refractivity contribution in [3.8, 4) is 0 Å². The molecule has 0 aromatic heterocycles. The van der Waals surface area contributed by atoms with Crippen LogP contribution in [0.4, 0.5) is 0 Å². The van der Waals surface area contributed by atoms with E-state index in [1.54, 1.807) is 7.05 Å². The average Bonchev–Trinajstić information content (AvgIpc) is 3.05. The Morgan fingerprint density at radius 3 is 2.46 bits per heavy atom. The molecule has 1 amide bonds. The van der Waals surface area contributed by atoms with Crippen LogP contribution in [0.1, 0.15) is 27.4 Å². The predicted octanol–water partition coefficient (Wildman–Crippen LogP) is 2.22. The minimum absolute atomic E-state index is 0.0462. The third kappa shape index (κ3) is 3.66. The quantitative estimate of drug-likeness (QED) is 0.887. The molecule has 4 nitrogen and oxygen atoms in total. The summed E-state index contributed by atoms with van der Waals surface area (Å²) in [4.78, 5) is 14.1. The zero-order chi connectivity index (χ0) is 16.9. The second-order valence-corrected chi connectivity index (χ2v) is 6.48. The van der Waals surface area contributed by atoms with Crippen LogP contribution < -0.4 is 11.1 Å². The molecule has 0 radical (unpaired) electrons. The Balaban J connectivity index is 1.67. The summed E-state index contributed by atoms with van der Waals surface area (Å²) in [6, 6.07) is 18.5. The summed E-state index contributed by atoms with van der Waals surface area (Å²) in [6.07, 6.45) is 0. The standard InChI is InChI=1S/C20H25N3O/c1-22-20(24)17-9-7-15(8-10-17)12-23-13-18(11-21)19(14-23)16-5-3-2-4-6-16/h2-10,18-19H,11-14,21H2,1H3,(H,22,24)/t18-,19+/m1/s1. The van der Waals surface area contributed by atoms with Gasteiger partial charge in [-0.2, -0.15) is 0 Å². The third-order valence-corrected chi connectivity index (χ3v) is 4.90. The van der Waals surface area contributed by atoms with Crippen molar-refractivity contribution in [2.75, 3.05) is 26.7 Å². The van der Waals surface area contributed by atoms with E-state index in [1.165, 1.54) is 11.1 Å². The van der Waals surface area contributed by atoms with E-state index >= 15 is 0 Å². The lowest BCUT2D eigenvalue weighted by Gasteiger charge is -2.17. The molecule has 0 unspecified atom stereocenters. The normalized spacial score (nSPS) is 20.9. The SMILES string of the molecule is CNC(=O)c1ccc(CN2C[C@@H](CN)[C@H](c3ccccc3)C2)cc1. The number of nitrogens with zero attached hydrogens (tertiary/aromatic N) is 1. The third-order valence-electron chi connectivity index (χ3n) is 4.90. The van der Waals surface area contributed by atoms with Gasteiger partial charge in [0, 0.05) is 38.2 Å². The van der Waals surface area contributed by atoms with E-state index in [9.17, 15) is 4.79 Å². The molecule has 1 saturated heterocycles. The van der Waals surface area contributed by atoms with Gasteiger partial charge in [0.15, 0.2) is 0 Å². The van der Waals surface area contributed by atoms with Crippen molar-refractivity contribution < 1.29 is 4.79 Å². The zero-order valence-corrected chi connectivity index (χ0v) is 14.1. The van der Waals surface area contributed by atoms with E-state index < -0.39 is 0 Å². The minimum atomic E-state index is -0.0462. The molecule has 1 aliphatic rings. The minimum Gasteiger partial charge on any atom is -0.355 e. The van der Waals surface area contributed by atoms with Gasteiger partial charge in [-0.15, -0.1) is 0 Å². The van der Waals surface area contributed by atoms with Crippen LogP contribution in [-0.2, 0) is 6.54 Å². The van der Waals surface area contributed by atoms with Crippen molar-refractivity contribution in [2.24, 2.45) is 11.7 Å². The Labute approximate surface area is 143 Å². The van der Waals surface area contributed by atoms with Crippen molar-refractivity contribution in [1.82, 2.24) is 10.2 Å². The fourth-order valence-corrected chi connectivity index (χ4v) is 3.57. The van der Waals surface area contributed by atoms with Crippen molar-refractivity contribution in [3.63, 3.8) is 0 Å². The van der Waals surface area contributed by atoms with Crippen LogP contribution in [0, 0.1) is 5.92 Å². The van der Waals surface area contributed by atoms with Gasteiger partial charge < -0.3 is 11.1 Å². The fourth-order valence-electron chi connectivity index (χ4n) is 3.57. The predicted molar refractivity (Wildman–Crippen MR) is 96.8 cm³/mol. The highest BCUT2D eigenvalue weighted by Gasteiger charge is 2.32. The summed E-state index contributed by atoms with van der Waals surface area (Å²) in [5.41, 5.74) is 9.32. The first-order valence-corrected chi connectivity index (χ1v) is 8.49. The Hall–Kier alpha value is -2.17. The number of carbonyl (C=O) groups excluding carboxylic acids is 1. The Bertz CT molecular complexity index is 669. The van der Waals surface area contributed by atoms with Gasteiger partial charge in [-0.1, -0.05) is 42.5 Å². The number of nitrogens with one attached hydrogen (secondary N) is 1. The average molecular weight is 323 g/mol. The molecule has 0 aliphatic carbocycles. The van der Waals surface area contributed by atoms with Gasteiger partial charge in [0.1, 0.15) is 0 Å². The maximum absolute atomic E-state index is 11.6. The fraction of sp³-hybridized carbons (Fsp3) is 0.350. The largest absolute Gasteiger partial charge is 0.355 e. The van der Waals surface area contributed by atoms with Gasteiger partial charge in [0.25, 0.3) is 5.91 Å². The first-order chi connectivity index (χ1) is 11.7. The molecule has 2 aromatic carbocycles. The number of rotatable bonds is 5. The van der Waals surface area contributed by atoms with Gasteiger partial charge in [-0.3, -0.25) is 9.69 Å². The molecule has 24 heavy (non-hydrogen) atoms. The summed E-state index contributed by atoms with van der Waals surface area (Å²) >= 11 is 0. The number of nitrogens with two attached hydrogens (primary N) is 1. The van der Waals surface area contributed by atoms with Gasteiger partial charge in [0.05, 0.1) is 0 Å². The second kappa shape index (κ2) is 7.60. The highest BCUT2D eigenvalue weighted by atomic mass is 16.1. The van der Waals surface area contributed by atoms with Crippen LogP contribution in [0.3, 0.4) is 0 Å². The van der Waals surface area contributed by atoms with E-state index in [4.69, 9.17) is 5.73 Å². The van der Waals surface area contributed by atoms with E-state index in [2.05, 4.69) is 40.5 Å². The lowest BCUT2D eigenvalue weighted by Crippen LogP contribution is -2.23. The molecular formula is C20H25N3O. The van der Waals surface area contributed by atoms with Gasteiger partial charge >= 0.3 is 0 Å².